The van der Waals surface area contributed by atoms with Gasteiger partial charge >= 0.3 is 6.09 Å². The summed E-state index contributed by atoms with van der Waals surface area (Å²) in [7, 11) is 0. The van der Waals surface area contributed by atoms with E-state index in [1.165, 1.54) is 0 Å². The highest BCUT2D eigenvalue weighted by Crippen LogP contribution is 2.25. The van der Waals surface area contributed by atoms with Crippen LogP contribution in [-0.4, -0.2) is 22.5 Å². The monoisotopic (exact) mass is 205 g/mol. The van der Waals surface area contributed by atoms with Crippen molar-refractivity contribution < 1.29 is 14.7 Å². The van der Waals surface area contributed by atoms with E-state index < -0.39 is 6.09 Å². The third-order valence-electron chi connectivity index (χ3n) is 2.38. The zero-order valence-corrected chi connectivity index (χ0v) is 7.88. The van der Waals surface area contributed by atoms with Crippen LogP contribution in [0.25, 0.3) is 0 Å². The standard InChI is InChI=1S/C8H12ClNO3/c9-7(11)5-1-3-6(4-2-5)10-8(12)13/h5-6,10H,1-4H2,(H,12,13)/t5-,6-. The van der Waals surface area contributed by atoms with Crippen molar-refractivity contribution in [2.24, 2.45) is 5.92 Å². The van der Waals surface area contributed by atoms with Gasteiger partial charge < -0.3 is 10.4 Å². The van der Waals surface area contributed by atoms with Gasteiger partial charge in [-0.25, -0.2) is 4.79 Å². The Bertz CT molecular complexity index is 211. The van der Waals surface area contributed by atoms with Gasteiger partial charge in [-0.2, -0.15) is 0 Å². The van der Waals surface area contributed by atoms with Crippen molar-refractivity contribution in [2.45, 2.75) is 31.7 Å². The normalized spacial score (nSPS) is 28.1. The summed E-state index contributed by atoms with van der Waals surface area (Å²) in [6, 6.07) is -0.00948. The first kappa shape index (κ1) is 10.3. The lowest BCUT2D eigenvalue weighted by Gasteiger charge is -2.25. The average Bonchev–Trinajstić information content (AvgIpc) is 2.04. The van der Waals surface area contributed by atoms with E-state index >= 15 is 0 Å². The molecule has 1 aliphatic carbocycles. The van der Waals surface area contributed by atoms with Crippen molar-refractivity contribution in [3.05, 3.63) is 0 Å². The molecule has 0 atom stereocenters. The summed E-state index contributed by atoms with van der Waals surface area (Å²) < 4.78 is 0. The first-order valence-electron chi connectivity index (χ1n) is 4.28. The maximum atomic E-state index is 10.8. The molecule has 13 heavy (non-hydrogen) atoms. The summed E-state index contributed by atoms with van der Waals surface area (Å²) in [5.74, 6) is -0.0755. The Morgan fingerprint density at radius 1 is 1.23 bits per heavy atom. The molecule has 1 aliphatic rings. The third kappa shape index (κ3) is 3.22. The second kappa shape index (κ2) is 4.46. The Balaban J connectivity index is 2.30. The van der Waals surface area contributed by atoms with Crippen LogP contribution in [0.5, 0.6) is 0 Å². The fraction of sp³-hybridized carbons (Fsp3) is 0.750. The van der Waals surface area contributed by atoms with Crippen LogP contribution in [0.3, 0.4) is 0 Å². The van der Waals surface area contributed by atoms with Crippen LogP contribution in [0.15, 0.2) is 0 Å². The smallest absolute Gasteiger partial charge is 0.404 e. The van der Waals surface area contributed by atoms with E-state index in [9.17, 15) is 9.59 Å². The first-order chi connectivity index (χ1) is 6.09. The van der Waals surface area contributed by atoms with E-state index in [2.05, 4.69) is 5.32 Å². The van der Waals surface area contributed by atoms with Crippen LogP contribution in [0.4, 0.5) is 4.79 Å². The third-order valence-corrected chi connectivity index (χ3v) is 2.68. The summed E-state index contributed by atoms with van der Waals surface area (Å²) in [5, 5.41) is 10.5. The minimum Gasteiger partial charge on any atom is -0.465 e. The van der Waals surface area contributed by atoms with Crippen molar-refractivity contribution in [3.8, 4) is 0 Å². The number of halogens is 1. The Hall–Kier alpha value is -0.770. The van der Waals surface area contributed by atoms with Crippen LogP contribution in [-0.2, 0) is 4.79 Å². The van der Waals surface area contributed by atoms with E-state index in [1.807, 2.05) is 0 Å². The van der Waals surface area contributed by atoms with E-state index in [0.29, 0.717) is 25.7 Å². The molecule has 0 unspecified atom stereocenters. The number of hydrogen-bond acceptors (Lipinski definition) is 2. The van der Waals surface area contributed by atoms with E-state index in [1.54, 1.807) is 0 Å². The Kier molecular flexibility index (Phi) is 3.54. The van der Waals surface area contributed by atoms with Gasteiger partial charge in [0.1, 0.15) is 0 Å². The summed E-state index contributed by atoms with van der Waals surface area (Å²) in [6.07, 6.45) is 1.78. The highest BCUT2D eigenvalue weighted by Gasteiger charge is 2.25. The van der Waals surface area contributed by atoms with Crippen LogP contribution in [0, 0.1) is 5.92 Å². The van der Waals surface area contributed by atoms with Crippen molar-refractivity contribution >= 4 is 22.9 Å². The van der Waals surface area contributed by atoms with Crippen molar-refractivity contribution in [1.29, 1.82) is 0 Å². The second-order valence-corrected chi connectivity index (χ2v) is 3.67. The zero-order chi connectivity index (χ0) is 9.84. The molecule has 1 fully saturated rings. The molecule has 1 rings (SSSR count). The minimum absolute atomic E-state index is 0.00948. The van der Waals surface area contributed by atoms with Crippen molar-refractivity contribution in [1.82, 2.24) is 5.32 Å². The lowest BCUT2D eigenvalue weighted by molar-refractivity contribution is -0.116. The molecule has 5 heteroatoms. The fourth-order valence-corrected chi connectivity index (χ4v) is 1.86. The molecule has 0 bridgehead atoms. The predicted octanol–water partition coefficient (Wildman–Crippen LogP) is 1.58. The quantitative estimate of drug-likeness (QED) is 0.673. The number of carbonyl (C=O) groups excluding carboxylic acids is 1. The molecule has 0 saturated heterocycles. The minimum atomic E-state index is -0.999. The Morgan fingerprint density at radius 3 is 2.15 bits per heavy atom. The Labute approximate surface area is 81.3 Å². The van der Waals surface area contributed by atoms with Crippen LogP contribution < -0.4 is 5.32 Å². The van der Waals surface area contributed by atoms with Gasteiger partial charge in [-0.05, 0) is 37.3 Å². The zero-order valence-electron chi connectivity index (χ0n) is 7.12. The molecule has 4 nitrogen and oxygen atoms in total. The molecule has 0 heterocycles. The molecule has 0 aromatic rings. The molecule has 74 valence electrons. The molecule has 0 radical (unpaired) electrons. The van der Waals surface area contributed by atoms with Gasteiger partial charge in [-0.15, -0.1) is 0 Å². The molecule has 1 saturated carbocycles. The number of rotatable bonds is 2. The maximum absolute atomic E-state index is 10.8. The SMILES string of the molecule is O=C(O)N[C@H]1CC[C@H](C(=O)Cl)CC1. The van der Waals surface area contributed by atoms with E-state index in [0.717, 1.165) is 0 Å². The first-order valence-corrected chi connectivity index (χ1v) is 4.66. The second-order valence-electron chi connectivity index (χ2n) is 3.30. The van der Waals surface area contributed by atoms with Crippen LogP contribution in [0.2, 0.25) is 0 Å². The molecule has 0 spiro atoms. The molecule has 0 aliphatic heterocycles. The maximum Gasteiger partial charge on any atom is 0.404 e. The highest BCUT2D eigenvalue weighted by molar-refractivity contribution is 6.63. The van der Waals surface area contributed by atoms with Gasteiger partial charge in [-0.3, -0.25) is 4.79 Å². The Morgan fingerprint density at radius 2 is 1.77 bits per heavy atom. The van der Waals surface area contributed by atoms with Crippen LogP contribution in [0.1, 0.15) is 25.7 Å². The number of hydrogen-bond donors (Lipinski definition) is 2. The largest absolute Gasteiger partial charge is 0.465 e. The van der Waals surface area contributed by atoms with Crippen LogP contribution >= 0.6 is 11.6 Å². The number of carbonyl (C=O) groups is 2. The van der Waals surface area contributed by atoms with Crippen molar-refractivity contribution in [2.75, 3.05) is 0 Å². The number of amides is 1. The lowest BCUT2D eigenvalue weighted by Crippen LogP contribution is -2.37. The van der Waals surface area contributed by atoms with Gasteiger partial charge in [0.25, 0.3) is 0 Å². The summed E-state index contributed by atoms with van der Waals surface area (Å²) in [6.45, 7) is 0. The van der Waals surface area contributed by atoms with Gasteiger partial charge in [0.15, 0.2) is 0 Å². The summed E-state index contributed by atoms with van der Waals surface area (Å²) >= 11 is 5.33. The predicted molar refractivity (Wildman–Crippen MR) is 47.8 cm³/mol. The molecule has 0 aromatic carbocycles. The van der Waals surface area contributed by atoms with E-state index in [4.69, 9.17) is 16.7 Å². The number of carboxylic acid groups (broad SMARTS) is 1. The molecular weight excluding hydrogens is 194 g/mol. The lowest BCUT2D eigenvalue weighted by atomic mass is 9.87. The molecule has 0 aromatic heterocycles. The van der Waals surface area contributed by atoms with Gasteiger partial charge in [0.05, 0.1) is 0 Å². The van der Waals surface area contributed by atoms with Gasteiger partial charge in [0.2, 0.25) is 5.24 Å². The fourth-order valence-electron chi connectivity index (χ4n) is 1.64. The van der Waals surface area contributed by atoms with E-state index in [-0.39, 0.29) is 17.2 Å². The van der Waals surface area contributed by atoms with Gasteiger partial charge in [0, 0.05) is 12.0 Å². The molecular formula is C8H12ClNO3. The topological polar surface area (TPSA) is 66.4 Å². The average molecular weight is 206 g/mol. The summed E-state index contributed by atoms with van der Waals surface area (Å²) in [5.41, 5.74) is 0. The van der Waals surface area contributed by atoms with Crippen molar-refractivity contribution in [3.63, 3.8) is 0 Å². The number of nitrogens with one attached hydrogen (secondary N) is 1. The summed E-state index contributed by atoms with van der Waals surface area (Å²) in [4.78, 5) is 21.0. The highest BCUT2D eigenvalue weighted by atomic mass is 35.5. The molecule has 1 amide bonds. The molecule has 2 N–H and O–H groups in total. The van der Waals surface area contributed by atoms with Gasteiger partial charge in [-0.1, -0.05) is 0 Å².